The largest absolute Gasteiger partial charge is 0.394 e. The summed E-state index contributed by atoms with van der Waals surface area (Å²) in [7, 11) is 0. The third kappa shape index (κ3) is 3.56. The van der Waals surface area contributed by atoms with Crippen molar-refractivity contribution in [3.8, 4) is 0 Å². The van der Waals surface area contributed by atoms with Crippen LogP contribution in [-0.2, 0) is 0 Å². The quantitative estimate of drug-likeness (QED) is 0.514. The summed E-state index contributed by atoms with van der Waals surface area (Å²) in [4.78, 5) is 8.28. The number of nitrogen functional groups attached to an aromatic ring is 1. The van der Waals surface area contributed by atoms with Crippen LogP contribution >= 0.6 is 11.8 Å². The number of anilines is 2. The Morgan fingerprint density at radius 3 is 2.87 bits per heavy atom. The second-order valence-electron chi connectivity index (χ2n) is 3.10. The monoisotopic (exact) mass is 228 g/mol. The van der Waals surface area contributed by atoms with Gasteiger partial charge < -0.3 is 16.2 Å². The fraction of sp³-hybridized carbons (Fsp3) is 0.556. The molecule has 15 heavy (non-hydrogen) atoms. The maximum absolute atomic E-state index is 9.04. The lowest BCUT2D eigenvalue weighted by atomic mass is 10.2. The third-order valence-corrected chi connectivity index (χ3v) is 2.52. The molecule has 1 heterocycles. The van der Waals surface area contributed by atoms with Crippen molar-refractivity contribution in [3.63, 3.8) is 0 Å². The van der Waals surface area contributed by atoms with Gasteiger partial charge in [0.15, 0.2) is 5.16 Å². The molecule has 1 aromatic heterocycles. The lowest BCUT2D eigenvalue weighted by molar-refractivity contribution is 0.271. The fourth-order valence-electron chi connectivity index (χ4n) is 1.09. The SMILES string of the molecule is CCC(CO)Nc1cc(N)nc(SC)n1. The zero-order chi connectivity index (χ0) is 11.3. The zero-order valence-corrected chi connectivity index (χ0v) is 9.71. The van der Waals surface area contributed by atoms with E-state index in [4.69, 9.17) is 10.8 Å². The van der Waals surface area contributed by atoms with Crippen LogP contribution in [-0.4, -0.2) is 34.0 Å². The molecule has 1 rings (SSSR count). The molecule has 6 heteroatoms. The summed E-state index contributed by atoms with van der Waals surface area (Å²) >= 11 is 1.43. The highest BCUT2D eigenvalue weighted by atomic mass is 32.2. The summed E-state index contributed by atoms with van der Waals surface area (Å²) in [5, 5.41) is 12.8. The second-order valence-corrected chi connectivity index (χ2v) is 3.87. The predicted molar refractivity (Wildman–Crippen MR) is 63.0 cm³/mol. The van der Waals surface area contributed by atoms with Crippen molar-refractivity contribution in [3.05, 3.63) is 6.07 Å². The number of aromatic nitrogens is 2. The van der Waals surface area contributed by atoms with Crippen molar-refractivity contribution >= 4 is 23.4 Å². The molecule has 0 aliphatic rings. The molecule has 1 atom stereocenters. The summed E-state index contributed by atoms with van der Waals surface area (Å²) in [6.45, 7) is 2.07. The fourth-order valence-corrected chi connectivity index (χ4v) is 1.48. The van der Waals surface area contributed by atoms with E-state index in [2.05, 4.69) is 15.3 Å². The van der Waals surface area contributed by atoms with Crippen LogP contribution in [0.3, 0.4) is 0 Å². The standard InChI is InChI=1S/C9H16N4OS/c1-3-6(5-14)11-8-4-7(10)12-9(13-8)15-2/h4,6,14H,3,5H2,1-2H3,(H3,10,11,12,13). The topological polar surface area (TPSA) is 84.1 Å². The third-order valence-electron chi connectivity index (χ3n) is 1.97. The van der Waals surface area contributed by atoms with E-state index in [1.165, 1.54) is 11.8 Å². The zero-order valence-electron chi connectivity index (χ0n) is 8.90. The predicted octanol–water partition coefficient (Wildman–Crippen LogP) is 0.964. The second kappa shape index (κ2) is 5.77. The van der Waals surface area contributed by atoms with Crippen LogP contribution in [0.4, 0.5) is 11.6 Å². The van der Waals surface area contributed by atoms with E-state index >= 15 is 0 Å². The van der Waals surface area contributed by atoms with E-state index in [1.807, 2.05) is 13.2 Å². The van der Waals surface area contributed by atoms with Gasteiger partial charge in [-0.25, -0.2) is 9.97 Å². The van der Waals surface area contributed by atoms with Gasteiger partial charge in [-0.2, -0.15) is 0 Å². The summed E-state index contributed by atoms with van der Waals surface area (Å²) in [6.07, 6.45) is 2.72. The van der Waals surface area contributed by atoms with E-state index in [1.54, 1.807) is 6.07 Å². The number of nitrogens with two attached hydrogens (primary N) is 1. The van der Waals surface area contributed by atoms with Crippen LogP contribution in [0.5, 0.6) is 0 Å². The van der Waals surface area contributed by atoms with Crippen LogP contribution in [0.25, 0.3) is 0 Å². The smallest absolute Gasteiger partial charge is 0.191 e. The lowest BCUT2D eigenvalue weighted by Gasteiger charge is -2.15. The van der Waals surface area contributed by atoms with Crippen LogP contribution in [0, 0.1) is 0 Å². The number of aliphatic hydroxyl groups excluding tert-OH is 1. The molecule has 0 saturated carbocycles. The van der Waals surface area contributed by atoms with Gasteiger partial charge in [-0.3, -0.25) is 0 Å². The minimum Gasteiger partial charge on any atom is -0.394 e. The van der Waals surface area contributed by atoms with Crippen molar-refractivity contribution in [2.75, 3.05) is 23.9 Å². The Bertz CT molecular complexity index is 317. The first-order chi connectivity index (χ1) is 7.19. The number of rotatable bonds is 5. The van der Waals surface area contributed by atoms with Gasteiger partial charge in [0.25, 0.3) is 0 Å². The Labute approximate surface area is 93.5 Å². The van der Waals surface area contributed by atoms with E-state index in [0.717, 1.165) is 6.42 Å². The molecule has 0 aliphatic heterocycles. The molecule has 1 aromatic rings. The van der Waals surface area contributed by atoms with Gasteiger partial charge in [0.1, 0.15) is 11.6 Å². The van der Waals surface area contributed by atoms with Crippen molar-refractivity contribution < 1.29 is 5.11 Å². The molecule has 0 bridgehead atoms. The first-order valence-corrected chi connectivity index (χ1v) is 5.98. The number of hydrogen-bond donors (Lipinski definition) is 3. The highest BCUT2D eigenvalue weighted by molar-refractivity contribution is 7.98. The molecule has 0 fully saturated rings. The van der Waals surface area contributed by atoms with E-state index < -0.39 is 0 Å². The van der Waals surface area contributed by atoms with E-state index in [-0.39, 0.29) is 12.6 Å². The van der Waals surface area contributed by atoms with Crippen LogP contribution in [0.2, 0.25) is 0 Å². The summed E-state index contributed by atoms with van der Waals surface area (Å²) in [5.74, 6) is 1.09. The van der Waals surface area contributed by atoms with Gasteiger partial charge in [-0.15, -0.1) is 0 Å². The maximum Gasteiger partial charge on any atom is 0.191 e. The molecule has 0 aromatic carbocycles. The average Bonchev–Trinajstić information content (AvgIpc) is 2.25. The number of hydrogen-bond acceptors (Lipinski definition) is 6. The van der Waals surface area contributed by atoms with Crippen molar-refractivity contribution in [2.45, 2.75) is 24.5 Å². The highest BCUT2D eigenvalue weighted by Gasteiger charge is 2.07. The molecule has 0 saturated heterocycles. The van der Waals surface area contributed by atoms with E-state index in [9.17, 15) is 0 Å². The Hall–Kier alpha value is -1.01. The van der Waals surface area contributed by atoms with Gasteiger partial charge in [-0.1, -0.05) is 18.7 Å². The lowest BCUT2D eigenvalue weighted by Crippen LogP contribution is -2.23. The first-order valence-electron chi connectivity index (χ1n) is 4.75. The molecule has 5 nitrogen and oxygen atoms in total. The van der Waals surface area contributed by atoms with Crippen molar-refractivity contribution in [1.82, 2.24) is 9.97 Å². The van der Waals surface area contributed by atoms with Gasteiger partial charge in [-0.05, 0) is 12.7 Å². The Balaban J connectivity index is 2.79. The minimum absolute atomic E-state index is 0.00834. The molecule has 1 unspecified atom stereocenters. The highest BCUT2D eigenvalue weighted by Crippen LogP contribution is 2.16. The van der Waals surface area contributed by atoms with Crippen LogP contribution < -0.4 is 11.1 Å². The number of nitrogens with one attached hydrogen (secondary N) is 1. The van der Waals surface area contributed by atoms with Gasteiger partial charge in [0, 0.05) is 6.07 Å². The molecule has 0 aliphatic carbocycles. The summed E-state index contributed by atoms with van der Waals surface area (Å²) < 4.78 is 0. The molecular formula is C9H16N4OS. The van der Waals surface area contributed by atoms with Gasteiger partial charge in [0.2, 0.25) is 0 Å². The average molecular weight is 228 g/mol. The van der Waals surface area contributed by atoms with Crippen LogP contribution in [0.15, 0.2) is 11.2 Å². The number of thioether (sulfide) groups is 1. The van der Waals surface area contributed by atoms with E-state index in [0.29, 0.717) is 16.8 Å². The molecule has 0 amide bonds. The van der Waals surface area contributed by atoms with Gasteiger partial charge in [0.05, 0.1) is 12.6 Å². The Morgan fingerprint density at radius 2 is 2.33 bits per heavy atom. The number of nitrogens with zero attached hydrogens (tertiary/aromatic N) is 2. The van der Waals surface area contributed by atoms with Crippen molar-refractivity contribution in [1.29, 1.82) is 0 Å². The maximum atomic E-state index is 9.04. The first kappa shape index (κ1) is 12.1. The Morgan fingerprint density at radius 1 is 1.60 bits per heavy atom. The van der Waals surface area contributed by atoms with Gasteiger partial charge >= 0.3 is 0 Å². The Kier molecular flexibility index (Phi) is 4.64. The number of aliphatic hydroxyl groups is 1. The molecular weight excluding hydrogens is 212 g/mol. The molecule has 84 valence electrons. The molecule has 0 spiro atoms. The normalized spacial score (nSPS) is 12.5. The summed E-state index contributed by atoms with van der Waals surface area (Å²) in [5.41, 5.74) is 5.63. The summed E-state index contributed by atoms with van der Waals surface area (Å²) in [6, 6.07) is 1.67. The molecule has 4 N–H and O–H groups in total. The van der Waals surface area contributed by atoms with Crippen LogP contribution in [0.1, 0.15) is 13.3 Å². The molecule has 0 radical (unpaired) electrons. The minimum atomic E-state index is 0.00834. The van der Waals surface area contributed by atoms with Crippen molar-refractivity contribution in [2.24, 2.45) is 0 Å².